The Balaban J connectivity index is 2.66. The van der Waals surface area contributed by atoms with Crippen molar-refractivity contribution < 1.29 is 9.90 Å². The Morgan fingerprint density at radius 1 is 1.47 bits per heavy atom. The first-order valence-corrected chi connectivity index (χ1v) is 6.61. The number of amides is 1. The van der Waals surface area contributed by atoms with E-state index >= 15 is 0 Å². The van der Waals surface area contributed by atoms with Crippen molar-refractivity contribution in [1.82, 2.24) is 10.3 Å². The zero-order valence-electron chi connectivity index (χ0n) is 11.3. The van der Waals surface area contributed by atoms with E-state index in [1.54, 1.807) is 18.5 Å². The second-order valence-corrected chi connectivity index (χ2v) is 4.16. The van der Waals surface area contributed by atoms with Crippen molar-refractivity contribution in [3.63, 3.8) is 0 Å². The molecule has 0 aliphatic carbocycles. The van der Waals surface area contributed by atoms with Gasteiger partial charge in [0.2, 0.25) is 0 Å². The summed E-state index contributed by atoms with van der Waals surface area (Å²) >= 11 is 0. The second kappa shape index (κ2) is 9.12. The molecular weight excluding hydrogens is 240 g/mol. The molecule has 1 heterocycles. The van der Waals surface area contributed by atoms with Crippen LogP contribution in [0.1, 0.15) is 48.5 Å². The molecule has 4 heteroatoms. The Hall–Kier alpha value is -1.86. The standard InChI is InChI=1S/C15H20N2O2/c1-2-3-5-9-17-15(19)14-8-10-16-12-13(14)7-4-6-11-18/h8,10,12,18H,2-3,5-6,9,11H2,1H3,(H,17,19). The van der Waals surface area contributed by atoms with Crippen LogP contribution in [-0.2, 0) is 0 Å². The van der Waals surface area contributed by atoms with Crippen LogP contribution in [0.25, 0.3) is 0 Å². The maximum absolute atomic E-state index is 12.0. The summed E-state index contributed by atoms with van der Waals surface area (Å²) in [5.41, 5.74) is 1.14. The van der Waals surface area contributed by atoms with Crippen molar-refractivity contribution in [1.29, 1.82) is 0 Å². The number of nitrogens with zero attached hydrogens (tertiary/aromatic N) is 1. The summed E-state index contributed by atoms with van der Waals surface area (Å²) in [6.45, 7) is 2.82. The summed E-state index contributed by atoms with van der Waals surface area (Å²) in [5.74, 6) is 5.55. The third-order valence-electron chi connectivity index (χ3n) is 2.59. The van der Waals surface area contributed by atoms with Crippen LogP contribution < -0.4 is 5.32 Å². The van der Waals surface area contributed by atoms with Gasteiger partial charge in [-0.15, -0.1) is 0 Å². The molecule has 0 aromatic carbocycles. The summed E-state index contributed by atoms with van der Waals surface area (Å²) in [6, 6.07) is 1.66. The molecule has 0 saturated carbocycles. The number of rotatable bonds is 6. The molecule has 1 amide bonds. The molecule has 19 heavy (non-hydrogen) atoms. The van der Waals surface area contributed by atoms with Gasteiger partial charge in [-0.3, -0.25) is 9.78 Å². The second-order valence-electron chi connectivity index (χ2n) is 4.16. The van der Waals surface area contributed by atoms with Crippen molar-refractivity contribution in [2.45, 2.75) is 32.6 Å². The highest BCUT2D eigenvalue weighted by Crippen LogP contribution is 2.05. The van der Waals surface area contributed by atoms with Crippen LogP contribution in [0.4, 0.5) is 0 Å². The summed E-state index contributed by atoms with van der Waals surface area (Å²) in [6.07, 6.45) is 6.78. The van der Waals surface area contributed by atoms with Gasteiger partial charge in [0.1, 0.15) is 0 Å². The molecule has 0 unspecified atom stereocenters. The molecule has 1 aromatic rings. The average molecular weight is 260 g/mol. The Kier molecular flexibility index (Phi) is 7.30. The van der Waals surface area contributed by atoms with E-state index in [9.17, 15) is 4.79 Å². The molecular formula is C15H20N2O2. The summed E-state index contributed by atoms with van der Waals surface area (Å²) in [4.78, 5) is 16.0. The molecule has 0 saturated heterocycles. The zero-order valence-corrected chi connectivity index (χ0v) is 11.3. The van der Waals surface area contributed by atoms with Crippen LogP contribution in [0.3, 0.4) is 0 Å². The molecule has 0 aliphatic heterocycles. The van der Waals surface area contributed by atoms with Gasteiger partial charge in [0, 0.05) is 25.4 Å². The fraction of sp³-hybridized carbons (Fsp3) is 0.467. The fourth-order valence-electron chi connectivity index (χ4n) is 1.58. The average Bonchev–Trinajstić information content (AvgIpc) is 2.44. The number of carbonyl (C=O) groups excluding carboxylic acids is 1. The minimum Gasteiger partial charge on any atom is -0.395 e. The van der Waals surface area contributed by atoms with Crippen molar-refractivity contribution in [3.8, 4) is 11.8 Å². The topological polar surface area (TPSA) is 62.2 Å². The normalized spacial score (nSPS) is 9.58. The SMILES string of the molecule is CCCCCNC(=O)c1ccncc1C#CCCO. The quantitative estimate of drug-likeness (QED) is 0.605. The van der Waals surface area contributed by atoms with Gasteiger partial charge >= 0.3 is 0 Å². The van der Waals surface area contributed by atoms with Gasteiger partial charge in [-0.2, -0.15) is 0 Å². The predicted octanol–water partition coefficient (Wildman–Crippen LogP) is 1.74. The number of unbranched alkanes of at least 4 members (excludes halogenated alkanes) is 2. The number of hydrogen-bond acceptors (Lipinski definition) is 3. The van der Waals surface area contributed by atoms with Crippen LogP contribution in [0.2, 0.25) is 0 Å². The Labute approximate surface area is 114 Å². The van der Waals surface area contributed by atoms with E-state index in [1.807, 2.05) is 0 Å². The maximum Gasteiger partial charge on any atom is 0.252 e. The van der Waals surface area contributed by atoms with Crippen LogP contribution in [-0.4, -0.2) is 29.1 Å². The van der Waals surface area contributed by atoms with Crippen molar-refractivity contribution >= 4 is 5.91 Å². The maximum atomic E-state index is 12.0. The van der Waals surface area contributed by atoms with Gasteiger partial charge in [-0.1, -0.05) is 31.6 Å². The van der Waals surface area contributed by atoms with Crippen molar-refractivity contribution in [2.75, 3.05) is 13.2 Å². The Bertz CT molecular complexity index is 461. The third kappa shape index (κ3) is 5.54. The highest BCUT2D eigenvalue weighted by atomic mass is 16.2. The molecule has 0 fully saturated rings. The van der Waals surface area contributed by atoms with Gasteiger partial charge in [-0.05, 0) is 12.5 Å². The minimum absolute atomic E-state index is 0.0197. The third-order valence-corrected chi connectivity index (χ3v) is 2.59. The van der Waals surface area contributed by atoms with Crippen LogP contribution in [0.5, 0.6) is 0 Å². The molecule has 0 aliphatic rings. The molecule has 1 rings (SSSR count). The minimum atomic E-state index is -0.119. The molecule has 0 bridgehead atoms. The smallest absolute Gasteiger partial charge is 0.252 e. The van der Waals surface area contributed by atoms with Crippen molar-refractivity contribution in [2.24, 2.45) is 0 Å². The molecule has 2 N–H and O–H groups in total. The lowest BCUT2D eigenvalue weighted by molar-refractivity contribution is 0.0952. The molecule has 4 nitrogen and oxygen atoms in total. The molecule has 1 aromatic heterocycles. The first-order chi connectivity index (χ1) is 9.29. The number of aliphatic hydroxyl groups is 1. The van der Waals surface area contributed by atoms with E-state index in [-0.39, 0.29) is 12.5 Å². The number of pyridine rings is 1. The van der Waals surface area contributed by atoms with Crippen LogP contribution in [0.15, 0.2) is 18.5 Å². The van der Waals surface area contributed by atoms with Crippen LogP contribution in [0, 0.1) is 11.8 Å². The van der Waals surface area contributed by atoms with Gasteiger partial charge < -0.3 is 10.4 Å². The van der Waals surface area contributed by atoms with E-state index < -0.39 is 0 Å². The van der Waals surface area contributed by atoms with E-state index in [4.69, 9.17) is 5.11 Å². The number of hydrogen-bond donors (Lipinski definition) is 2. The lowest BCUT2D eigenvalue weighted by Crippen LogP contribution is -2.25. The summed E-state index contributed by atoms with van der Waals surface area (Å²) in [7, 11) is 0. The van der Waals surface area contributed by atoms with Gasteiger partial charge in [0.15, 0.2) is 0 Å². The highest BCUT2D eigenvalue weighted by molar-refractivity contribution is 5.96. The largest absolute Gasteiger partial charge is 0.395 e. The van der Waals surface area contributed by atoms with Gasteiger partial charge in [-0.25, -0.2) is 0 Å². The Morgan fingerprint density at radius 2 is 2.32 bits per heavy atom. The fourth-order valence-corrected chi connectivity index (χ4v) is 1.58. The molecule has 102 valence electrons. The number of carbonyl (C=O) groups is 1. The van der Waals surface area contributed by atoms with Gasteiger partial charge in [0.05, 0.1) is 17.7 Å². The summed E-state index contributed by atoms with van der Waals surface area (Å²) < 4.78 is 0. The molecule has 0 atom stereocenters. The predicted molar refractivity (Wildman–Crippen MR) is 74.7 cm³/mol. The van der Waals surface area contributed by atoms with E-state index in [0.717, 1.165) is 19.3 Å². The van der Waals surface area contributed by atoms with E-state index in [0.29, 0.717) is 24.1 Å². The molecule has 0 radical (unpaired) electrons. The molecule has 0 spiro atoms. The number of nitrogens with one attached hydrogen (secondary N) is 1. The van der Waals surface area contributed by atoms with Gasteiger partial charge in [0.25, 0.3) is 5.91 Å². The van der Waals surface area contributed by atoms with Crippen LogP contribution >= 0.6 is 0 Å². The highest BCUT2D eigenvalue weighted by Gasteiger charge is 2.08. The lowest BCUT2D eigenvalue weighted by Gasteiger charge is -2.06. The van der Waals surface area contributed by atoms with E-state index in [2.05, 4.69) is 29.1 Å². The number of aromatic nitrogens is 1. The zero-order chi connectivity index (χ0) is 13.9. The Morgan fingerprint density at radius 3 is 3.05 bits per heavy atom. The lowest BCUT2D eigenvalue weighted by atomic mass is 10.1. The van der Waals surface area contributed by atoms with E-state index in [1.165, 1.54) is 0 Å². The summed E-state index contributed by atoms with van der Waals surface area (Å²) in [5, 5.41) is 11.6. The first kappa shape index (κ1) is 15.2. The van der Waals surface area contributed by atoms with Crippen molar-refractivity contribution in [3.05, 3.63) is 29.6 Å². The number of aliphatic hydroxyl groups excluding tert-OH is 1. The first-order valence-electron chi connectivity index (χ1n) is 6.61. The monoisotopic (exact) mass is 260 g/mol.